The van der Waals surface area contributed by atoms with Crippen LogP contribution in [0.2, 0.25) is 0 Å². The highest BCUT2D eigenvalue weighted by Gasteiger charge is 2.26. The summed E-state index contributed by atoms with van der Waals surface area (Å²) in [6.45, 7) is 0.398. The molecule has 0 N–H and O–H groups in total. The number of nitrogens with zero attached hydrogens (tertiary/aromatic N) is 1. The molecule has 0 spiro atoms. The van der Waals surface area contributed by atoms with E-state index in [9.17, 15) is 20.7 Å². The van der Waals surface area contributed by atoms with Crippen LogP contribution in [0.25, 0.3) is 0 Å². The first kappa shape index (κ1) is 16.4. The zero-order chi connectivity index (χ0) is 15.7. The lowest BCUT2D eigenvalue weighted by atomic mass is 10.1. The van der Waals surface area contributed by atoms with Gasteiger partial charge in [0.1, 0.15) is 0 Å². The quantitative estimate of drug-likeness (QED) is 0.773. The fraction of sp³-hybridized carbons (Fsp3) is 0.538. The van der Waals surface area contributed by atoms with Gasteiger partial charge in [0, 0.05) is 13.6 Å². The van der Waals surface area contributed by atoms with Crippen LogP contribution in [0.5, 0.6) is 0 Å². The third-order valence-corrected chi connectivity index (χ3v) is 6.42. The maximum Gasteiger partial charge on any atom is 0.332 e. The second kappa shape index (κ2) is 6.02. The highest BCUT2D eigenvalue weighted by atomic mass is 32.3. The number of hydrogen-bond acceptors (Lipinski definition) is 4. The summed E-state index contributed by atoms with van der Waals surface area (Å²) < 4.78 is 60.8. The molecule has 0 bridgehead atoms. The van der Waals surface area contributed by atoms with Gasteiger partial charge in [-0.3, -0.25) is 0 Å². The molecule has 1 aliphatic rings. The van der Waals surface area contributed by atoms with Crippen molar-refractivity contribution < 1.29 is 20.7 Å². The second-order valence-electron chi connectivity index (χ2n) is 5.35. The molecule has 21 heavy (non-hydrogen) atoms. The van der Waals surface area contributed by atoms with E-state index in [1.54, 1.807) is 0 Å². The van der Waals surface area contributed by atoms with Crippen LogP contribution >= 0.6 is 0 Å². The van der Waals surface area contributed by atoms with Crippen LogP contribution in [-0.2, 0) is 20.2 Å². The Morgan fingerprint density at radius 2 is 1.71 bits per heavy atom. The zero-order valence-electron chi connectivity index (χ0n) is 11.7. The summed E-state index contributed by atoms with van der Waals surface area (Å²) in [5, 5.41) is 0. The van der Waals surface area contributed by atoms with E-state index < -0.39 is 25.1 Å². The highest BCUT2D eigenvalue weighted by molar-refractivity contribution is 7.89. The molecule has 1 aromatic carbocycles. The first-order valence-electron chi connectivity index (χ1n) is 6.72. The summed E-state index contributed by atoms with van der Waals surface area (Å²) in [4.78, 5) is -0.848. The number of rotatable bonds is 5. The van der Waals surface area contributed by atoms with Crippen LogP contribution in [0.4, 0.5) is 3.89 Å². The fourth-order valence-corrected chi connectivity index (χ4v) is 4.50. The van der Waals surface area contributed by atoms with Crippen molar-refractivity contribution >= 4 is 20.2 Å². The molecule has 0 unspecified atom stereocenters. The first-order valence-corrected chi connectivity index (χ1v) is 9.54. The number of sulfonamides is 1. The van der Waals surface area contributed by atoms with Crippen molar-refractivity contribution in [3.05, 3.63) is 24.3 Å². The molecule has 2 rings (SSSR count). The zero-order valence-corrected chi connectivity index (χ0v) is 13.3. The van der Waals surface area contributed by atoms with E-state index in [4.69, 9.17) is 0 Å². The number of halogens is 1. The highest BCUT2D eigenvalue weighted by Crippen LogP contribution is 2.27. The minimum Gasteiger partial charge on any atom is -0.207 e. The van der Waals surface area contributed by atoms with Crippen LogP contribution in [0.3, 0.4) is 0 Å². The lowest BCUT2D eigenvalue weighted by Gasteiger charge is -2.20. The Labute approximate surface area is 125 Å². The van der Waals surface area contributed by atoms with E-state index in [1.165, 1.54) is 23.5 Å². The fourth-order valence-electron chi connectivity index (χ4n) is 2.62. The van der Waals surface area contributed by atoms with E-state index >= 15 is 0 Å². The van der Waals surface area contributed by atoms with Crippen molar-refractivity contribution in [2.45, 2.75) is 35.5 Å². The minimum absolute atomic E-state index is 0.207. The molecule has 1 aromatic rings. The molecule has 1 fully saturated rings. The Morgan fingerprint density at radius 1 is 1.14 bits per heavy atom. The second-order valence-corrected chi connectivity index (χ2v) is 8.74. The van der Waals surface area contributed by atoms with E-state index in [0.717, 1.165) is 37.8 Å². The molecular weight excluding hydrogens is 317 g/mol. The van der Waals surface area contributed by atoms with Gasteiger partial charge in [-0.1, -0.05) is 18.9 Å². The monoisotopic (exact) mass is 335 g/mol. The van der Waals surface area contributed by atoms with Crippen molar-refractivity contribution in [2.24, 2.45) is 5.92 Å². The van der Waals surface area contributed by atoms with E-state index in [1.807, 2.05) is 0 Å². The Balaban J connectivity index is 2.26. The van der Waals surface area contributed by atoms with Crippen LogP contribution < -0.4 is 0 Å². The van der Waals surface area contributed by atoms with Crippen LogP contribution in [0.15, 0.2) is 34.1 Å². The summed E-state index contributed by atoms with van der Waals surface area (Å²) >= 11 is 0. The molecule has 0 atom stereocenters. The third kappa shape index (κ3) is 3.81. The predicted molar refractivity (Wildman–Crippen MR) is 76.5 cm³/mol. The molecule has 5 nitrogen and oxygen atoms in total. The maximum absolute atomic E-state index is 13.0. The van der Waals surface area contributed by atoms with Gasteiger partial charge in [0.15, 0.2) is 0 Å². The van der Waals surface area contributed by atoms with Gasteiger partial charge in [-0.25, -0.2) is 12.7 Å². The van der Waals surface area contributed by atoms with Crippen LogP contribution in [0.1, 0.15) is 25.7 Å². The summed E-state index contributed by atoms with van der Waals surface area (Å²) in [7, 11) is -7.26. The number of hydrogen-bond donors (Lipinski definition) is 0. The van der Waals surface area contributed by atoms with Gasteiger partial charge < -0.3 is 0 Å². The van der Waals surface area contributed by atoms with E-state index in [0.29, 0.717) is 12.5 Å². The van der Waals surface area contributed by atoms with Crippen molar-refractivity contribution in [1.82, 2.24) is 4.31 Å². The van der Waals surface area contributed by atoms with Crippen LogP contribution in [-0.4, -0.2) is 34.7 Å². The van der Waals surface area contributed by atoms with Gasteiger partial charge in [-0.2, -0.15) is 8.42 Å². The molecule has 0 saturated heterocycles. The molecule has 1 saturated carbocycles. The van der Waals surface area contributed by atoms with Gasteiger partial charge in [0.25, 0.3) is 0 Å². The maximum atomic E-state index is 13.0. The molecule has 8 heteroatoms. The SMILES string of the molecule is CN(CC1CCCC1)S(=O)(=O)c1cccc(S(=O)(=O)F)c1. The Hall–Kier alpha value is -0.990. The largest absolute Gasteiger partial charge is 0.332 e. The van der Waals surface area contributed by atoms with Gasteiger partial charge in [-0.15, -0.1) is 3.89 Å². The minimum atomic E-state index is -4.92. The smallest absolute Gasteiger partial charge is 0.207 e. The van der Waals surface area contributed by atoms with Crippen molar-refractivity contribution in [1.29, 1.82) is 0 Å². The van der Waals surface area contributed by atoms with E-state index in [-0.39, 0.29) is 4.90 Å². The van der Waals surface area contributed by atoms with Crippen molar-refractivity contribution in [3.8, 4) is 0 Å². The molecule has 0 amide bonds. The Bertz CT molecular complexity index is 709. The Kier molecular flexibility index (Phi) is 4.69. The van der Waals surface area contributed by atoms with Crippen molar-refractivity contribution in [2.75, 3.05) is 13.6 Å². The molecular formula is C13H18FNO4S2. The molecule has 0 heterocycles. The summed E-state index contributed by atoms with van der Waals surface area (Å²) in [5.41, 5.74) is 0. The van der Waals surface area contributed by atoms with Gasteiger partial charge in [0.05, 0.1) is 9.79 Å². The average Bonchev–Trinajstić information content (AvgIpc) is 2.90. The summed E-state index contributed by atoms with van der Waals surface area (Å²) in [5.74, 6) is 0.331. The first-order chi connectivity index (χ1) is 9.71. The number of benzene rings is 1. The normalized spacial score (nSPS) is 17.5. The molecule has 0 aromatic heterocycles. The van der Waals surface area contributed by atoms with Gasteiger partial charge >= 0.3 is 10.2 Å². The van der Waals surface area contributed by atoms with E-state index in [2.05, 4.69) is 0 Å². The predicted octanol–water partition coefficient (Wildman–Crippen LogP) is 2.16. The summed E-state index contributed by atoms with van der Waals surface area (Å²) in [6.07, 6.45) is 4.21. The summed E-state index contributed by atoms with van der Waals surface area (Å²) in [6, 6.07) is 4.39. The third-order valence-electron chi connectivity index (χ3n) is 3.79. The Morgan fingerprint density at radius 3 is 2.29 bits per heavy atom. The topological polar surface area (TPSA) is 71.5 Å². The molecule has 118 valence electrons. The molecule has 0 aliphatic heterocycles. The molecule has 1 aliphatic carbocycles. The van der Waals surface area contributed by atoms with Gasteiger partial charge in [0.2, 0.25) is 10.0 Å². The average molecular weight is 335 g/mol. The molecule has 0 radical (unpaired) electrons. The van der Waals surface area contributed by atoms with Crippen molar-refractivity contribution in [3.63, 3.8) is 0 Å². The van der Waals surface area contributed by atoms with Gasteiger partial charge in [-0.05, 0) is 37.0 Å². The lowest BCUT2D eigenvalue weighted by molar-refractivity contribution is 0.387. The van der Waals surface area contributed by atoms with Crippen LogP contribution in [0, 0.1) is 5.92 Å². The standard InChI is InChI=1S/C13H18FNO4S2/c1-15(10-11-5-2-3-6-11)21(18,19)13-8-4-7-12(9-13)20(14,16)17/h4,7-9,11H,2-3,5-6,10H2,1H3. The lowest BCUT2D eigenvalue weighted by Crippen LogP contribution is -2.31.